The molecule has 1 aliphatic heterocycles. The molecule has 3 rings (SSSR count). The van der Waals surface area contributed by atoms with Gasteiger partial charge in [0.2, 0.25) is 0 Å². The third-order valence-electron chi connectivity index (χ3n) is 3.03. The molecule has 0 unspecified atom stereocenters. The van der Waals surface area contributed by atoms with Crippen molar-refractivity contribution in [2.24, 2.45) is 0 Å². The van der Waals surface area contributed by atoms with Gasteiger partial charge in [-0.15, -0.1) is 0 Å². The minimum atomic E-state index is 0.980. The van der Waals surface area contributed by atoms with Crippen molar-refractivity contribution in [2.45, 2.75) is 20.3 Å². The fourth-order valence-electron chi connectivity index (χ4n) is 2.22. The quantitative estimate of drug-likeness (QED) is 0.545. The molecular formula is C15H14O. The summed E-state index contributed by atoms with van der Waals surface area (Å²) in [6, 6.07) is 12.7. The zero-order valence-corrected chi connectivity index (χ0v) is 9.58. The van der Waals surface area contributed by atoms with E-state index < -0.39 is 0 Å². The first kappa shape index (κ1) is 9.46. The number of fused-ring (bicyclic) bond motifs is 2. The number of ether oxygens (including phenoxy) is 1. The molecule has 0 saturated heterocycles. The largest absolute Gasteiger partial charge is 0.457 e. The maximum atomic E-state index is 5.89. The highest BCUT2D eigenvalue weighted by atomic mass is 16.5. The van der Waals surface area contributed by atoms with Crippen LogP contribution >= 0.6 is 0 Å². The van der Waals surface area contributed by atoms with Gasteiger partial charge in [0, 0.05) is 6.42 Å². The van der Waals surface area contributed by atoms with E-state index in [9.17, 15) is 0 Å². The summed E-state index contributed by atoms with van der Waals surface area (Å²) in [5, 5.41) is 0. The van der Waals surface area contributed by atoms with Crippen LogP contribution in [0.25, 0.3) is 0 Å². The monoisotopic (exact) mass is 210 g/mol. The molecular weight excluding hydrogens is 196 g/mol. The summed E-state index contributed by atoms with van der Waals surface area (Å²) >= 11 is 0. The van der Waals surface area contributed by atoms with Crippen LogP contribution in [0.2, 0.25) is 0 Å². The lowest BCUT2D eigenvalue weighted by molar-refractivity contribution is 0.459. The van der Waals surface area contributed by atoms with Crippen LogP contribution in [-0.2, 0) is 6.42 Å². The molecule has 0 atom stereocenters. The summed E-state index contributed by atoms with van der Waals surface area (Å²) in [7, 11) is 0. The Morgan fingerprint density at radius 3 is 1.81 bits per heavy atom. The molecule has 0 amide bonds. The van der Waals surface area contributed by atoms with Crippen molar-refractivity contribution in [3.05, 3.63) is 58.7 Å². The maximum absolute atomic E-state index is 5.89. The first-order valence-electron chi connectivity index (χ1n) is 5.59. The number of rotatable bonds is 0. The molecule has 80 valence electrons. The Kier molecular flexibility index (Phi) is 2.00. The lowest BCUT2D eigenvalue weighted by Crippen LogP contribution is -2.03. The summed E-state index contributed by atoms with van der Waals surface area (Å²) in [5.41, 5.74) is 5.16. The Morgan fingerprint density at radius 2 is 1.31 bits per heavy atom. The van der Waals surface area contributed by atoms with E-state index in [4.69, 9.17) is 4.74 Å². The average molecular weight is 210 g/mol. The number of hydrogen-bond donors (Lipinski definition) is 0. The molecule has 0 aliphatic carbocycles. The van der Waals surface area contributed by atoms with E-state index >= 15 is 0 Å². The second-order valence-electron chi connectivity index (χ2n) is 4.50. The van der Waals surface area contributed by atoms with Gasteiger partial charge in [-0.25, -0.2) is 0 Å². The van der Waals surface area contributed by atoms with Crippen molar-refractivity contribution in [1.82, 2.24) is 0 Å². The molecule has 0 N–H and O–H groups in total. The Hall–Kier alpha value is -1.76. The van der Waals surface area contributed by atoms with Gasteiger partial charge in [0.1, 0.15) is 11.5 Å². The fraction of sp³-hybridized carbons (Fsp3) is 0.200. The summed E-state index contributed by atoms with van der Waals surface area (Å²) in [4.78, 5) is 0. The van der Waals surface area contributed by atoms with Crippen LogP contribution in [0.15, 0.2) is 36.4 Å². The van der Waals surface area contributed by atoms with Crippen LogP contribution in [0.5, 0.6) is 11.5 Å². The first-order valence-corrected chi connectivity index (χ1v) is 5.59. The van der Waals surface area contributed by atoms with Crippen LogP contribution in [0.1, 0.15) is 22.3 Å². The van der Waals surface area contributed by atoms with E-state index in [2.05, 4.69) is 50.2 Å². The zero-order valence-electron chi connectivity index (χ0n) is 9.58. The van der Waals surface area contributed by atoms with Gasteiger partial charge in [0.15, 0.2) is 0 Å². The molecule has 0 radical (unpaired) electrons. The second kappa shape index (κ2) is 3.38. The number of benzene rings is 2. The van der Waals surface area contributed by atoms with Gasteiger partial charge in [-0.2, -0.15) is 0 Å². The van der Waals surface area contributed by atoms with Crippen molar-refractivity contribution < 1.29 is 4.74 Å². The van der Waals surface area contributed by atoms with Crippen molar-refractivity contribution in [3.8, 4) is 11.5 Å². The van der Waals surface area contributed by atoms with Gasteiger partial charge >= 0.3 is 0 Å². The van der Waals surface area contributed by atoms with E-state index in [0.717, 1.165) is 17.9 Å². The van der Waals surface area contributed by atoms with Crippen molar-refractivity contribution in [2.75, 3.05) is 0 Å². The minimum absolute atomic E-state index is 0.980. The highest BCUT2D eigenvalue weighted by molar-refractivity contribution is 5.51. The highest BCUT2D eigenvalue weighted by Crippen LogP contribution is 2.36. The van der Waals surface area contributed by atoms with Gasteiger partial charge in [0.25, 0.3) is 0 Å². The lowest BCUT2D eigenvalue weighted by atomic mass is 9.98. The molecule has 0 fully saturated rings. The predicted octanol–water partition coefficient (Wildman–Crippen LogP) is 4.00. The molecule has 0 aromatic heterocycles. The standard InChI is InChI=1S/C15H14O/c1-10-3-5-14-12(7-10)9-13-8-11(2)4-6-15(13)16-14/h3-8H,9H2,1-2H3. The van der Waals surface area contributed by atoms with Gasteiger partial charge in [-0.3, -0.25) is 0 Å². The minimum Gasteiger partial charge on any atom is -0.457 e. The topological polar surface area (TPSA) is 9.23 Å². The van der Waals surface area contributed by atoms with Crippen LogP contribution < -0.4 is 4.74 Å². The predicted molar refractivity (Wildman–Crippen MR) is 65.2 cm³/mol. The first-order chi connectivity index (χ1) is 7.72. The molecule has 1 heterocycles. The van der Waals surface area contributed by atoms with Crippen LogP contribution in [-0.4, -0.2) is 0 Å². The van der Waals surface area contributed by atoms with Gasteiger partial charge in [0.05, 0.1) is 0 Å². The summed E-state index contributed by atoms with van der Waals surface area (Å²) in [6.07, 6.45) is 0.980. The van der Waals surface area contributed by atoms with Crippen LogP contribution in [0, 0.1) is 13.8 Å². The van der Waals surface area contributed by atoms with E-state index in [0.29, 0.717) is 0 Å². The number of aryl methyl sites for hydroxylation is 2. The van der Waals surface area contributed by atoms with Gasteiger partial charge < -0.3 is 4.74 Å². The second-order valence-corrected chi connectivity index (χ2v) is 4.50. The van der Waals surface area contributed by atoms with E-state index in [1.54, 1.807) is 0 Å². The molecule has 2 aromatic carbocycles. The molecule has 0 saturated carbocycles. The highest BCUT2D eigenvalue weighted by Gasteiger charge is 2.16. The van der Waals surface area contributed by atoms with E-state index in [1.807, 2.05) is 0 Å². The maximum Gasteiger partial charge on any atom is 0.130 e. The zero-order chi connectivity index (χ0) is 11.1. The molecule has 0 bridgehead atoms. The Bertz CT molecular complexity index is 506. The smallest absolute Gasteiger partial charge is 0.130 e. The summed E-state index contributed by atoms with van der Waals surface area (Å²) in [6.45, 7) is 4.23. The Morgan fingerprint density at radius 1 is 0.812 bits per heavy atom. The summed E-state index contributed by atoms with van der Waals surface area (Å²) in [5.74, 6) is 2.00. The van der Waals surface area contributed by atoms with Crippen LogP contribution in [0.4, 0.5) is 0 Å². The number of hydrogen-bond acceptors (Lipinski definition) is 1. The molecule has 1 heteroatoms. The Balaban J connectivity index is 2.10. The SMILES string of the molecule is Cc1ccc2c(c1)Cc1cc(C)ccc1O2. The van der Waals surface area contributed by atoms with Crippen molar-refractivity contribution >= 4 is 0 Å². The van der Waals surface area contributed by atoms with Gasteiger partial charge in [-0.05, 0) is 37.1 Å². The van der Waals surface area contributed by atoms with Crippen molar-refractivity contribution in [3.63, 3.8) is 0 Å². The van der Waals surface area contributed by atoms with Gasteiger partial charge in [-0.1, -0.05) is 35.4 Å². The molecule has 16 heavy (non-hydrogen) atoms. The molecule has 1 nitrogen and oxygen atoms in total. The third kappa shape index (κ3) is 1.49. The Labute approximate surface area is 95.7 Å². The molecule has 0 spiro atoms. The van der Waals surface area contributed by atoms with Crippen LogP contribution in [0.3, 0.4) is 0 Å². The van der Waals surface area contributed by atoms with E-state index in [-0.39, 0.29) is 0 Å². The summed E-state index contributed by atoms with van der Waals surface area (Å²) < 4.78 is 5.89. The fourth-order valence-corrected chi connectivity index (χ4v) is 2.22. The van der Waals surface area contributed by atoms with Crippen molar-refractivity contribution in [1.29, 1.82) is 0 Å². The van der Waals surface area contributed by atoms with E-state index in [1.165, 1.54) is 22.3 Å². The average Bonchev–Trinajstić information content (AvgIpc) is 2.26. The third-order valence-corrected chi connectivity index (χ3v) is 3.03. The normalized spacial score (nSPS) is 12.6. The lowest BCUT2D eigenvalue weighted by Gasteiger charge is -2.20. The molecule has 2 aromatic rings. The molecule has 1 aliphatic rings.